The van der Waals surface area contributed by atoms with Gasteiger partial charge < -0.3 is 15.2 Å². The Hall–Kier alpha value is -2.97. The number of rotatable bonds is 3. The second-order valence-corrected chi connectivity index (χ2v) is 6.17. The second-order valence-electron chi connectivity index (χ2n) is 6.17. The molecule has 2 fully saturated rings. The van der Waals surface area contributed by atoms with Gasteiger partial charge in [-0.25, -0.2) is 14.2 Å². The first-order chi connectivity index (χ1) is 12.0. The molecular weight excluding hydrogens is 329 g/mol. The van der Waals surface area contributed by atoms with Gasteiger partial charge in [0.15, 0.2) is 0 Å². The summed E-state index contributed by atoms with van der Waals surface area (Å²) in [5.41, 5.74) is 1.20. The highest BCUT2D eigenvalue weighted by Crippen LogP contribution is 2.31. The van der Waals surface area contributed by atoms with E-state index >= 15 is 0 Å². The molecule has 0 aliphatic carbocycles. The third-order valence-corrected chi connectivity index (χ3v) is 4.58. The van der Waals surface area contributed by atoms with Crippen molar-refractivity contribution in [2.45, 2.75) is 18.9 Å². The summed E-state index contributed by atoms with van der Waals surface area (Å²) < 4.78 is 13.3. The first-order valence-electron chi connectivity index (χ1n) is 8.06. The standard InChI is InChI=1S/C16H16FN5O3/c17-9-3-4-10-11(6-9)20-15(19-10)12-2-1-5-21(12)14(24)8-22-13(23)7-18-16(22)25/h3-4,6,12H,1-2,5,7-8H2,(H,18,25)(H,19,20)/t12-/m0/s1. The Kier molecular flexibility index (Phi) is 3.63. The van der Waals surface area contributed by atoms with Crippen LogP contribution in [-0.4, -0.2) is 57.2 Å². The van der Waals surface area contributed by atoms with Crippen LogP contribution in [0.5, 0.6) is 0 Å². The van der Waals surface area contributed by atoms with Crippen LogP contribution in [0.3, 0.4) is 0 Å². The number of aromatic nitrogens is 2. The number of fused-ring (bicyclic) bond motifs is 1. The molecule has 0 bridgehead atoms. The van der Waals surface area contributed by atoms with Crippen LogP contribution in [-0.2, 0) is 9.59 Å². The highest BCUT2D eigenvalue weighted by molar-refractivity contribution is 6.04. The number of urea groups is 1. The minimum Gasteiger partial charge on any atom is -0.340 e. The van der Waals surface area contributed by atoms with E-state index in [2.05, 4.69) is 15.3 Å². The summed E-state index contributed by atoms with van der Waals surface area (Å²) in [7, 11) is 0. The Morgan fingerprint density at radius 1 is 1.36 bits per heavy atom. The SMILES string of the molecule is O=C1CNC(=O)N1CC(=O)N1CCC[C@H]1c1nc2ccc(F)cc2[nH]1. The average molecular weight is 345 g/mol. The Bertz CT molecular complexity index is 864. The Morgan fingerprint density at radius 2 is 2.20 bits per heavy atom. The summed E-state index contributed by atoms with van der Waals surface area (Å²) in [6, 6.07) is 3.46. The molecule has 1 atom stereocenters. The van der Waals surface area contributed by atoms with Gasteiger partial charge in [0.25, 0.3) is 5.91 Å². The molecule has 25 heavy (non-hydrogen) atoms. The molecule has 1 aromatic heterocycles. The van der Waals surface area contributed by atoms with Crippen molar-refractivity contribution >= 4 is 28.9 Å². The van der Waals surface area contributed by atoms with Gasteiger partial charge in [-0.05, 0) is 31.0 Å². The number of imidazole rings is 1. The Labute approximate surface area is 142 Å². The summed E-state index contributed by atoms with van der Waals surface area (Å²) >= 11 is 0. The van der Waals surface area contributed by atoms with Gasteiger partial charge in [-0.3, -0.25) is 14.5 Å². The Morgan fingerprint density at radius 3 is 2.96 bits per heavy atom. The number of hydrogen-bond donors (Lipinski definition) is 2. The van der Waals surface area contributed by atoms with Crippen LogP contribution in [0.2, 0.25) is 0 Å². The first kappa shape index (κ1) is 15.6. The number of nitrogens with one attached hydrogen (secondary N) is 2. The maximum Gasteiger partial charge on any atom is 0.325 e. The largest absolute Gasteiger partial charge is 0.340 e. The molecule has 2 saturated heterocycles. The maximum atomic E-state index is 13.3. The molecule has 0 unspecified atom stereocenters. The lowest BCUT2D eigenvalue weighted by Crippen LogP contribution is -2.43. The molecule has 130 valence electrons. The van der Waals surface area contributed by atoms with E-state index < -0.39 is 11.9 Å². The van der Waals surface area contributed by atoms with Gasteiger partial charge in [-0.1, -0.05) is 0 Å². The van der Waals surface area contributed by atoms with Crippen LogP contribution in [0.15, 0.2) is 18.2 Å². The number of benzene rings is 1. The molecular formula is C16H16FN5O3. The van der Waals surface area contributed by atoms with E-state index in [-0.39, 0.29) is 30.9 Å². The van der Waals surface area contributed by atoms with Crippen molar-refractivity contribution < 1.29 is 18.8 Å². The van der Waals surface area contributed by atoms with Gasteiger partial charge in [-0.15, -0.1) is 0 Å². The van der Waals surface area contributed by atoms with Gasteiger partial charge in [-0.2, -0.15) is 0 Å². The molecule has 3 heterocycles. The predicted octanol–water partition coefficient (Wildman–Crippen LogP) is 0.917. The molecule has 0 spiro atoms. The topological polar surface area (TPSA) is 98.4 Å². The molecule has 4 rings (SSSR count). The summed E-state index contributed by atoms with van der Waals surface area (Å²) in [6.07, 6.45) is 1.51. The quantitative estimate of drug-likeness (QED) is 0.808. The molecule has 1 aromatic carbocycles. The smallest absolute Gasteiger partial charge is 0.325 e. The van der Waals surface area contributed by atoms with Gasteiger partial charge in [0.2, 0.25) is 5.91 Å². The van der Waals surface area contributed by atoms with Crippen molar-refractivity contribution in [3.05, 3.63) is 29.8 Å². The van der Waals surface area contributed by atoms with Crippen LogP contribution in [0.1, 0.15) is 24.7 Å². The monoisotopic (exact) mass is 345 g/mol. The number of imide groups is 1. The van der Waals surface area contributed by atoms with Crippen LogP contribution < -0.4 is 5.32 Å². The number of carbonyl (C=O) groups excluding carboxylic acids is 3. The number of carbonyl (C=O) groups is 3. The van der Waals surface area contributed by atoms with Gasteiger partial charge >= 0.3 is 6.03 Å². The molecule has 4 amide bonds. The van der Waals surface area contributed by atoms with Crippen molar-refractivity contribution in [1.29, 1.82) is 0 Å². The number of likely N-dealkylation sites (tertiary alicyclic amines) is 1. The normalized spacial score (nSPS) is 20.6. The van der Waals surface area contributed by atoms with Crippen LogP contribution in [0, 0.1) is 5.82 Å². The van der Waals surface area contributed by atoms with Crippen molar-refractivity contribution in [1.82, 2.24) is 25.1 Å². The zero-order valence-corrected chi connectivity index (χ0v) is 13.3. The third-order valence-electron chi connectivity index (χ3n) is 4.58. The summed E-state index contributed by atoms with van der Waals surface area (Å²) in [4.78, 5) is 45.9. The van der Waals surface area contributed by atoms with E-state index in [1.54, 1.807) is 11.0 Å². The molecule has 2 aromatic rings. The number of amides is 4. The van der Waals surface area contributed by atoms with Gasteiger partial charge in [0, 0.05) is 6.54 Å². The number of hydrogen-bond acceptors (Lipinski definition) is 4. The van der Waals surface area contributed by atoms with Crippen molar-refractivity contribution in [2.75, 3.05) is 19.6 Å². The van der Waals surface area contributed by atoms with E-state index in [0.29, 0.717) is 29.8 Å². The average Bonchev–Trinajstić information content (AvgIpc) is 3.28. The fourth-order valence-corrected chi connectivity index (χ4v) is 3.35. The molecule has 9 heteroatoms. The summed E-state index contributed by atoms with van der Waals surface area (Å²) in [6.45, 7) is 0.166. The number of H-pyrrole nitrogens is 1. The lowest BCUT2D eigenvalue weighted by molar-refractivity contribution is -0.137. The number of halogens is 1. The van der Waals surface area contributed by atoms with Crippen LogP contribution in [0.4, 0.5) is 9.18 Å². The van der Waals surface area contributed by atoms with Crippen LogP contribution >= 0.6 is 0 Å². The first-order valence-corrected chi connectivity index (χ1v) is 8.06. The molecule has 2 aliphatic heterocycles. The Balaban J connectivity index is 1.55. The summed E-state index contributed by atoms with van der Waals surface area (Å²) in [5.74, 6) is -0.489. The van der Waals surface area contributed by atoms with Crippen molar-refractivity contribution in [2.24, 2.45) is 0 Å². The fourth-order valence-electron chi connectivity index (χ4n) is 3.35. The predicted molar refractivity (Wildman–Crippen MR) is 84.9 cm³/mol. The highest BCUT2D eigenvalue weighted by Gasteiger charge is 2.36. The molecule has 2 N–H and O–H groups in total. The number of aromatic amines is 1. The molecule has 0 saturated carbocycles. The van der Waals surface area contributed by atoms with Gasteiger partial charge in [0.05, 0.1) is 23.6 Å². The van der Waals surface area contributed by atoms with Crippen molar-refractivity contribution in [3.63, 3.8) is 0 Å². The van der Waals surface area contributed by atoms with E-state index in [1.165, 1.54) is 12.1 Å². The van der Waals surface area contributed by atoms with E-state index in [1.807, 2.05) is 0 Å². The maximum absolute atomic E-state index is 13.3. The second kappa shape index (κ2) is 5.83. The third kappa shape index (κ3) is 2.71. The molecule has 0 radical (unpaired) electrons. The minimum absolute atomic E-state index is 0.0787. The zero-order valence-electron chi connectivity index (χ0n) is 13.3. The highest BCUT2D eigenvalue weighted by atomic mass is 19.1. The summed E-state index contributed by atoms with van der Waals surface area (Å²) in [5, 5.41) is 2.39. The number of nitrogens with zero attached hydrogens (tertiary/aromatic N) is 3. The zero-order chi connectivity index (χ0) is 17.6. The lowest BCUT2D eigenvalue weighted by atomic mass is 10.2. The fraction of sp³-hybridized carbons (Fsp3) is 0.375. The van der Waals surface area contributed by atoms with E-state index in [4.69, 9.17) is 0 Å². The van der Waals surface area contributed by atoms with Crippen molar-refractivity contribution in [3.8, 4) is 0 Å². The van der Waals surface area contributed by atoms with Gasteiger partial charge in [0.1, 0.15) is 18.2 Å². The van der Waals surface area contributed by atoms with E-state index in [0.717, 1.165) is 11.3 Å². The molecule has 8 nitrogen and oxygen atoms in total. The minimum atomic E-state index is -0.548. The lowest BCUT2D eigenvalue weighted by Gasteiger charge is -2.24. The van der Waals surface area contributed by atoms with Crippen LogP contribution in [0.25, 0.3) is 11.0 Å². The van der Waals surface area contributed by atoms with E-state index in [9.17, 15) is 18.8 Å². The molecule has 2 aliphatic rings.